The summed E-state index contributed by atoms with van der Waals surface area (Å²) in [6.07, 6.45) is 4.05. The molecule has 5 heteroatoms. The van der Waals surface area contributed by atoms with Crippen molar-refractivity contribution in [2.24, 2.45) is 7.05 Å². The molecular formula is C14H13N3OS. The monoisotopic (exact) mass is 271 g/mol. The van der Waals surface area contributed by atoms with Crippen LogP contribution < -0.4 is 5.32 Å². The van der Waals surface area contributed by atoms with Gasteiger partial charge in [-0.05, 0) is 11.6 Å². The molecule has 0 saturated heterocycles. The fourth-order valence-electron chi connectivity index (χ4n) is 2.19. The third-order valence-corrected chi connectivity index (χ3v) is 3.70. The van der Waals surface area contributed by atoms with Gasteiger partial charge in [0.25, 0.3) is 0 Å². The molecule has 1 N–H and O–H groups in total. The van der Waals surface area contributed by atoms with Crippen LogP contribution in [0.2, 0.25) is 0 Å². The Hall–Kier alpha value is -2.14. The first-order valence-electron chi connectivity index (χ1n) is 5.96. The maximum absolute atomic E-state index is 12.0. The molecule has 0 aliphatic carbocycles. The van der Waals surface area contributed by atoms with Crippen molar-refractivity contribution in [3.63, 3.8) is 0 Å². The van der Waals surface area contributed by atoms with Gasteiger partial charge in [0.1, 0.15) is 0 Å². The number of anilines is 1. The van der Waals surface area contributed by atoms with Gasteiger partial charge in [0.2, 0.25) is 5.91 Å². The highest BCUT2D eigenvalue weighted by Gasteiger charge is 2.11. The van der Waals surface area contributed by atoms with E-state index in [-0.39, 0.29) is 5.91 Å². The van der Waals surface area contributed by atoms with E-state index in [2.05, 4.69) is 16.4 Å². The Kier molecular flexibility index (Phi) is 3.05. The molecule has 19 heavy (non-hydrogen) atoms. The zero-order valence-corrected chi connectivity index (χ0v) is 11.3. The summed E-state index contributed by atoms with van der Waals surface area (Å²) < 4.78 is 2.04. The minimum absolute atomic E-state index is 0.0358. The van der Waals surface area contributed by atoms with Crippen LogP contribution in [0.15, 0.2) is 42.0 Å². The van der Waals surface area contributed by atoms with Crippen LogP contribution in [0.4, 0.5) is 5.13 Å². The predicted octanol–water partition coefficient (Wildman–Crippen LogP) is 2.82. The van der Waals surface area contributed by atoms with E-state index in [1.54, 1.807) is 6.20 Å². The van der Waals surface area contributed by atoms with Crippen molar-refractivity contribution in [2.45, 2.75) is 6.42 Å². The topological polar surface area (TPSA) is 46.9 Å². The lowest BCUT2D eigenvalue weighted by molar-refractivity contribution is -0.115. The van der Waals surface area contributed by atoms with Gasteiger partial charge in [0, 0.05) is 35.7 Å². The standard InChI is InChI=1S/C14H13N3OS/c1-17-9-10(11-4-2-3-5-12(11)17)8-13(18)16-14-15-6-7-19-14/h2-7,9H,8H2,1H3,(H,15,16,18). The lowest BCUT2D eigenvalue weighted by Gasteiger charge is -2.00. The summed E-state index contributed by atoms with van der Waals surface area (Å²) in [5, 5.41) is 6.41. The van der Waals surface area contributed by atoms with Crippen molar-refractivity contribution in [1.82, 2.24) is 9.55 Å². The first-order chi connectivity index (χ1) is 9.24. The van der Waals surface area contributed by atoms with Crippen LogP contribution in [0.1, 0.15) is 5.56 Å². The van der Waals surface area contributed by atoms with Crippen LogP contribution in [0.5, 0.6) is 0 Å². The molecule has 0 unspecified atom stereocenters. The summed E-state index contributed by atoms with van der Waals surface area (Å²) in [5.41, 5.74) is 2.17. The average Bonchev–Trinajstić information content (AvgIpc) is 3.00. The smallest absolute Gasteiger partial charge is 0.230 e. The van der Waals surface area contributed by atoms with Gasteiger partial charge in [-0.3, -0.25) is 4.79 Å². The summed E-state index contributed by atoms with van der Waals surface area (Å²) in [5.74, 6) is -0.0358. The van der Waals surface area contributed by atoms with E-state index >= 15 is 0 Å². The van der Waals surface area contributed by atoms with E-state index in [1.165, 1.54) is 11.3 Å². The minimum atomic E-state index is -0.0358. The Balaban J connectivity index is 1.83. The molecule has 0 saturated carbocycles. The van der Waals surface area contributed by atoms with Gasteiger partial charge in [-0.15, -0.1) is 11.3 Å². The van der Waals surface area contributed by atoms with Crippen LogP contribution in [-0.2, 0) is 18.3 Å². The number of aryl methyl sites for hydroxylation is 1. The number of carbonyl (C=O) groups is 1. The normalized spacial score (nSPS) is 10.8. The molecule has 0 aliphatic rings. The second-order valence-corrected chi connectivity index (χ2v) is 5.24. The fourth-order valence-corrected chi connectivity index (χ4v) is 2.73. The summed E-state index contributed by atoms with van der Waals surface area (Å²) in [6.45, 7) is 0. The number of amides is 1. The SMILES string of the molecule is Cn1cc(CC(=O)Nc2nccs2)c2ccccc21. The highest BCUT2D eigenvalue weighted by molar-refractivity contribution is 7.13. The summed E-state index contributed by atoms with van der Waals surface area (Å²) in [7, 11) is 1.99. The second kappa shape index (κ2) is 4.85. The van der Waals surface area contributed by atoms with E-state index in [9.17, 15) is 4.79 Å². The van der Waals surface area contributed by atoms with Crippen molar-refractivity contribution in [3.8, 4) is 0 Å². The van der Waals surface area contributed by atoms with Crippen LogP contribution in [0.25, 0.3) is 10.9 Å². The molecule has 2 heterocycles. The van der Waals surface area contributed by atoms with Gasteiger partial charge in [0.15, 0.2) is 5.13 Å². The Morgan fingerprint density at radius 3 is 3.05 bits per heavy atom. The lowest BCUT2D eigenvalue weighted by atomic mass is 10.1. The van der Waals surface area contributed by atoms with Gasteiger partial charge in [0.05, 0.1) is 6.42 Å². The Bertz CT molecular complexity index is 715. The molecule has 0 atom stereocenters. The number of hydrogen-bond acceptors (Lipinski definition) is 3. The molecule has 0 aliphatic heterocycles. The molecule has 1 amide bonds. The molecule has 3 aromatic rings. The number of para-hydroxylation sites is 1. The number of thiazole rings is 1. The number of aromatic nitrogens is 2. The Morgan fingerprint density at radius 2 is 2.26 bits per heavy atom. The van der Waals surface area contributed by atoms with Crippen molar-refractivity contribution in [3.05, 3.63) is 47.6 Å². The fraction of sp³-hybridized carbons (Fsp3) is 0.143. The van der Waals surface area contributed by atoms with E-state index in [0.717, 1.165) is 16.5 Å². The van der Waals surface area contributed by atoms with Crippen LogP contribution in [0, 0.1) is 0 Å². The summed E-state index contributed by atoms with van der Waals surface area (Å²) >= 11 is 1.42. The number of carbonyl (C=O) groups excluding carboxylic acids is 1. The molecular weight excluding hydrogens is 258 g/mol. The lowest BCUT2D eigenvalue weighted by Crippen LogP contribution is -2.13. The van der Waals surface area contributed by atoms with Crippen LogP contribution in [-0.4, -0.2) is 15.5 Å². The summed E-state index contributed by atoms with van der Waals surface area (Å²) in [4.78, 5) is 16.0. The summed E-state index contributed by atoms with van der Waals surface area (Å²) in [6, 6.07) is 8.09. The van der Waals surface area contributed by atoms with E-state index in [1.807, 2.05) is 41.4 Å². The van der Waals surface area contributed by atoms with E-state index in [0.29, 0.717) is 11.6 Å². The molecule has 0 bridgehead atoms. The van der Waals surface area contributed by atoms with Gasteiger partial charge >= 0.3 is 0 Å². The van der Waals surface area contributed by atoms with Crippen molar-refractivity contribution in [2.75, 3.05) is 5.32 Å². The molecule has 96 valence electrons. The first-order valence-corrected chi connectivity index (χ1v) is 6.84. The Morgan fingerprint density at radius 1 is 1.42 bits per heavy atom. The van der Waals surface area contributed by atoms with Crippen molar-refractivity contribution < 1.29 is 4.79 Å². The molecule has 0 fully saturated rings. The Labute approximate surface area is 114 Å². The molecule has 3 rings (SSSR count). The van der Waals surface area contributed by atoms with Crippen molar-refractivity contribution >= 4 is 33.3 Å². The zero-order valence-electron chi connectivity index (χ0n) is 10.5. The quantitative estimate of drug-likeness (QED) is 0.796. The van der Waals surface area contributed by atoms with Gasteiger partial charge in [-0.1, -0.05) is 18.2 Å². The third kappa shape index (κ3) is 2.37. The van der Waals surface area contributed by atoms with E-state index < -0.39 is 0 Å². The minimum Gasteiger partial charge on any atom is -0.350 e. The molecule has 0 radical (unpaired) electrons. The number of hydrogen-bond donors (Lipinski definition) is 1. The zero-order chi connectivity index (χ0) is 13.2. The number of nitrogens with one attached hydrogen (secondary N) is 1. The maximum atomic E-state index is 12.0. The number of fused-ring (bicyclic) bond motifs is 1. The number of rotatable bonds is 3. The molecule has 2 aromatic heterocycles. The average molecular weight is 271 g/mol. The van der Waals surface area contributed by atoms with Gasteiger partial charge < -0.3 is 9.88 Å². The third-order valence-electron chi connectivity index (χ3n) is 3.01. The molecule has 4 nitrogen and oxygen atoms in total. The highest BCUT2D eigenvalue weighted by Crippen LogP contribution is 2.21. The maximum Gasteiger partial charge on any atom is 0.230 e. The number of nitrogens with zero attached hydrogens (tertiary/aromatic N) is 2. The highest BCUT2D eigenvalue weighted by atomic mass is 32.1. The molecule has 0 spiro atoms. The van der Waals surface area contributed by atoms with Gasteiger partial charge in [-0.25, -0.2) is 4.98 Å². The van der Waals surface area contributed by atoms with Crippen LogP contribution >= 0.6 is 11.3 Å². The molecule has 1 aromatic carbocycles. The number of benzene rings is 1. The predicted molar refractivity (Wildman–Crippen MR) is 77.4 cm³/mol. The van der Waals surface area contributed by atoms with Gasteiger partial charge in [-0.2, -0.15) is 0 Å². The largest absolute Gasteiger partial charge is 0.350 e. The van der Waals surface area contributed by atoms with E-state index in [4.69, 9.17) is 0 Å². The second-order valence-electron chi connectivity index (χ2n) is 4.34. The first kappa shape index (κ1) is 11.9. The van der Waals surface area contributed by atoms with Crippen LogP contribution in [0.3, 0.4) is 0 Å². The van der Waals surface area contributed by atoms with Crippen molar-refractivity contribution in [1.29, 1.82) is 0 Å².